The molecule has 7 heteroatoms. The highest BCUT2D eigenvalue weighted by Gasteiger charge is 2.13. The van der Waals surface area contributed by atoms with Crippen molar-refractivity contribution in [1.29, 1.82) is 0 Å². The first-order valence-corrected chi connectivity index (χ1v) is 9.73. The van der Waals surface area contributed by atoms with E-state index in [4.69, 9.17) is 4.74 Å². The van der Waals surface area contributed by atoms with E-state index in [1.165, 1.54) is 13.3 Å². The van der Waals surface area contributed by atoms with Gasteiger partial charge in [-0.1, -0.05) is 24.3 Å². The molecule has 0 aliphatic heterocycles. The second-order valence-electron chi connectivity index (χ2n) is 5.43. The maximum Gasteiger partial charge on any atom is 0.275 e. The zero-order valence-corrected chi connectivity index (χ0v) is 18.0. The van der Waals surface area contributed by atoms with Crippen molar-refractivity contribution in [2.45, 2.75) is 0 Å². The second-order valence-corrected chi connectivity index (χ2v) is 7.76. The number of carbonyl (C=O) groups excluding carboxylic acids is 1. The van der Waals surface area contributed by atoms with Crippen LogP contribution in [-0.2, 0) is 0 Å². The van der Waals surface area contributed by atoms with E-state index >= 15 is 0 Å². The Balaban J connectivity index is 1.83. The van der Waals surface area contributed by atoms with Crippen LogP contribution in [0.15, 0.2) is 53.6 Å². The third kappa shape index (κ3) is 4.09. The van der Waals surface area contributed by atoms with Gasteiger partial charge in [0.15, 0.2) is 0 Å². The van der Waals surface area contributed by atoms with Gasteiger partial charge >= 0.3 is 0 Å². The molecule has 0 heterocycles. The van der Waals surface area contributed by atoms with Crippen molar-refractivity contribution in [3.8, 4) is 11.5 Å². The number of benzene rings is 3. The van der Waals surface area contributed by atoms with Crippen molar-refractivity contribution < 1.29 is 14.6 Å². The van der Waals surface area contributed by atoms with Crippen LogP contribution < -0.4 is 10.2 Å². The fourth-order valence-corrected chi connectivity index (χ4v) is 4.27. The quantitative estimate of drug-likeness (QED) is 0.275. The summed E-state index contributed by atoms with van der Waals surface area (Å²) in [6, 6.07) is 14.9. The Labute approximate surface area is 177 Å². The van der Waals surface area contributed by atoms with Crippen molar-refractivity contribution in [1.82, 2.24) is 5.43 Å². The maximum absolute atomic E-state index is 12.5. The Morgan fingerprint density at radius 3 is 2.35 bits per heavy atom. The van der Waals surface area contributed by atoms with Crippen LogP contribution in [0.3, 0.4) is 0 Å². The van der Waals surface area contributed by atoms with Gasteiger partial charge in [-0.25, -0.2) is 5.43 Å². The largest absolute Gasteiger partial charge is 0.506 e. The summed E-state index contributed by atoms with van der Waals surface area (Å²) < 4.78 is 6.78. The zero-order chi connectivity index (χ0) is 18.7. The fraction of sp³-hybridized carbons (Fsp3) is 0.0526. The van der Waals surface area contributed by atoms with Gasteiger partial charge in [0.25, 0.3) is 5.91 Å². The lowest BCUT2D eigenvalue weighted by molar-refractivity contribution is 0.0952. The molecule has 5 nitrogen and oxygen atoms in total. The predicted octanol–water partition coefficient (Wildman–Crippen LogP) is 4.53. The Bertz CT molecular complexity index is 996. The third-order valence-electron chi connectivity index (χ3n) is 3.73. The van der Waals surface area contributed by atoms with E-state index in [-0.39, 0.29) is 11.7 Å². The number of fused-ring (bicyclic) bond motifs is 1. The van der Waals surface area contributed by atoms with E-state index in [0.717, 1.165) is 23.5 Å². The monoisotopic (exact) mass is 572 g/mol. The Morgan fingerprint density at radius 2 is 1.73 bits per heavy atom. The van der Waals surface area contributed by atoms with Gasteiger partial charge in [0.1, 0.15) is 11.5 Å². The summed E-state index contributed by atoms with van der Waals surface area (Å²) in [6.07, 6.45) is 1.54. The SMILES string of the molecule is COc1cc2ccccc2cc1C(=O)N/N=C\c1cc(I)c(O)c(I)c1. The highest BCUT2D eigenvalue weighted by molar-refractivity contribution is 14.1. The number of carbonyl (C=O) groups is 1. The summed E-state index contributed by atoms with van der Waals surface area (Å²) in [7, 11) is 1.53. The molecule has 0 fully saturated rings. The maximum atomic E-state index is 12.5. The molecule has 0 bridgehead atoms. The van der Waals surface area contributed by atoms with Crippen LogP contribution in [-0.4, -0.2) is 24.3 Å². The number of halogens is 2. The Morgan fingerprint density at radius 1 is 1.12 bits per heavy atom. The number of hydrogen-bond donors (Lipinski definition) is 2. The summed E-state index contributed by atoms with van der Waals surface area (Å²) in [4.78, 5) is 12.5. The predicted molar refractivity (Wildman–Crippen MR) is 119 cm³/mol. The molecule has 3 aromatic rings. The smallest absolute Gasteiger partial charge is 0.275 e. The molecule has 0 aromatic heterocycles. The minimum Gasteiger partial charge on any atom is -0.506 e. The van der Waals surface area contributed by atoms with Crippen molar-refractivity contribution >= 4 is 68.1 Å². The molecule has 3 rings (SSSR count). The molecule has 1 amide bonds. The molecule has 26 heavy (non-hydrogen) atoms. The number of ether oxygens (including phenoxy) is 1. The van der Waals surface area contributed by atoms with Crippen molar-refractivity contribution in [3.63, 3.8) is 0 Å². The molecule has 0 atom stereocenters. The van der Waals surface area contributed by atoms with Crippen LogP contribution >= 0.6 is 45.2 Å². The van der Waals surface area contributed by atoms with Gasteiger partial charge in [-0.15, -0.1) is 0 Å². The molecule has 2 N–H and O–H groups in total. The van der Waals surface area contributed by atoms with Gasteiger partial charge in [0.05, 0.1) is 26.0 Å². The fourth-order valence-electron chi connectivity index (χ4n) is 2.45. The average Bonchev–Trinajstić information content (AvgIpc) is 2.64. The van der Waals surface area contributed by atoms with E-state index in [1.807, 2.05) is 75.5 Å². The van der Waals surface area contributed by atoms with E-state index < -0.39 is 0 Å². The van der Waals surface area contributed by atoms with Gasteiger partial charge in [-0.3, -0.25) is 4.79 Å². The van der Waals surface area contributed by atoms with Crippen LogP contribution in [0.5, 0.6) is 11.5 Å². The van der Waals surface area contributed by atoms with E-state index in [1.54, 1.807) is 18.2 Å². The highest BCUT2D eigenvalue weighted by atomic mass is 127. The number of aromatic hydroxyl groups is 1. The third-order valence-corrected chi connectivity index (χ3v) is 5.38. The molecule has 0 spiro atoms. The first-order chi connectivity index (χ1) is 12.5. The Hall–Kier alpha value is -1.88. The lowest BCUT2D eigenvalue weighted by Crippen LogP contribution is -2.18. The van der Waals surface area contributed by atoms with E-state index in [2.05, 4.69) is 10.5 Å². The molecular weight excluding hydrogens is 558 g/mol. The van der Waals surface area contributed by atoms with Crippen molar-refractivity contribution in [3.05, 3.63) is 66.8 Å². The summed E-state index contributed by atoms with van der Waals surface area (Å²) in [5, 5.41) is 15.8. The normalized spacial score (nSPS) is 11.0. The first kappa shape index (κ1) is 18.9. The number of hydrogen-bond acceptors (Lipinski definition) is 4. The minimum absolute atomic E-state index is 0.244. The lowest BCUT2D eigenvalue weighted by atomic mass is 10.1. The van der Waals surface area contributed by atoms with Gasteiger partial charge in [-0.05, 0) is 85.8 Å². The van der Waals surface area contributed by atoms with Crippen molar-refractivity contribution in [2.75, 3.05) is 7.11 Å². The number of rotatable bonds is 4. The van der Waals surface area contributed by atoms with E-state index in [0.29, 0.717) is 11.3 Å². The van der Waals surface area contributed by atoms with Crippen molar-refractivity contribution in [2.24, 2.45) is 5.10 Å². The van der Waals surface area contributed by atoms with E-state index in [9.17, 15) is 9.90 Å². The molecule has 0 saturated heterocycles. The molecular formula is C19H14I2N2O3. The van der Waals surface area contributed by atoms with Crippen LogP contribution in [0.4, 0.5) is 0 Å². The van der Waals surface area contributed by atoms with Crippen LogP contribution in [0.1, 0.15) is 15.9 Å². The number of nitrogens with zero attached hydrogens (tertiary/aromatic N) is 1. The van der Waals surface area contributed by atoms with Gasteiger partial charge in [0, 0.05) is 0 Å². The number of amides is 1. The second kappa shape index (κ2) is 8.21. The van der Waals surface area contributed by atoms with Gasteiger partial charge in [-0.2, -0.15) is 5.10 Å². The molecule has 132 valence electrons. The summed E-state index contributed by atoms with van der Waals surface area (Å²) >= 11 is 4.09. The Kier molecular flexibility index (Phi) is 5.97. The van der Waals surface area contributed by atoms with Crippen LogP contribution in [0.25, 0.3) is 10.8 Å². The number of phenolic OH excluding ortho intramolecular Hbond substituents is 1. The molecule has 0 aliphatic rings. The zero-order valence-electron chi connectivity index (χ0n) is 13.7. The number of methoxy groups -OCH3 is 1. The number of hydrazone groups is 1. The van der Waals surface area contributed by atoms with Crippen LogP contribution in [0.2, 0.25) is 0 Å². The molecule has 3 aromatic carbocycles. The standard InChI is InChI=1S/C19H14I2N2O3/c1-26-17-9-13-5-3-2-4-12(13)8-14(17)19(25)23-22-10-11-6-15(20)18(24)16(21)7-11/h2-10,24H,1H3,(H,23,25)/b22-10-. The first-order valence-electron chi connectivity index (χ1n) is 7.58. The molecule has 0 unspecified atom stereocenters. The summed E-state index contributed by atoms with van der Waals surface area (Å²) in [6.45, 7) is 0. The average molecular weight is 572 g/mol. The topological polar surface area (TPSA) is 70.9 Å². The molecule has 0 radical (unpaired) electrons. The molecule has 0 aliphatic carbocycles. The summed E-state index contributed by atoms with van der Waals surface area (Å²) in [5.41, 5.74) is 3.72. The highest BCUT2D eigenvalue weighted by Crippen LogP contribution is 2.27. The van der Waals surface area contributed by atoms with Crippen LogP contribution in [0, 0.1) is 7.14 Å². The summed E-state index contributed by atoms with van der Waals surface area (Å²) in [5.74, 6) is 0.380. The number of phenols is 1. The van der Waals surface area contributed by atoms with Gasteiger partial charge in [0.2, 0.25) is 0 Å². The number of nitrogens with one attached hydrogen (secondary N) is 1. The van der Waals surface area contributed by atoms with Gasteiger partial charge < -0.3 is 9.84 Å². The molecule has 0 saturated carbocycles. The minimum atomic E-state index is -0.355. The lowest BCUT2D eigenvalue weighted by Gasteiger charge is -2.09.